The fourth-order valence-corrected chi connectivity index (χ4v) is 4.75. The second-order valence-corrected chi connectivity index (χ2v) is 9.88. The molecular weight excluding hydrogens is 514 g/mol. The number of aliphatic imine (C=N–C) groups is 1. The van der Waals surface area contributed by atoms with Crippen molar-refractivity contribution >= 4 is 41.8 Å². The van der Waals surface area contributed by atoms with E-state index < -0.39 is 0 Å². The summed E-state index contributed by atoms with van der Waals surface area (Å²) in [5, 5.41) is 7.42. The summed E-state index contributed by atoms with van der Waals surface area (Å²) < 4.78 is 1.67. The van der Waals surface area contributed by atoms with Crippen molar-refractivity contribution in [2.45, 2.75) is 39.2 Å². The van der Waals surface area contributed by atoms with E-state index in [1.165, 1.54) is 0 Å². The highest BCUT2D eigenvalue weighted by Gasteiger charge is 2.28. The molecule has 2 aromatic heterocycles. The molecule has 1 atom stereocenters. The number of aromatic nitrogens is 3. The average Bonchev–Trinajstić information content (AvgIpc) is 3.36. The normalized spacial score (nSPS) is 12.2. The molecule has 206 valence electrons. The number of halogens is 1. The lowest BCUT2D eigenvalue weighted by Gasteiger charge is -2.34. The molecule has 1 aromatic carbocycles. The van der Waals surface area contributed by atoms with Gasteiger partial charge in [0.2, 0.25) is 12.8 Å². The maximum absolute atomic E-state index is 12.8. The largest absolute Gasteiger partial charge is 0.357 e. The van der Waals surface area contributed by atoms with Gasteiger partial charge >= 0.3 is 0 Å². The van der Waals surface area contributed by atoms with E-state index in [9.17, 15) is 9.59 Å². The average molecular weight is 550 g/mol. The summed E-state index contributed by atoms with van der Waals surface area (Å²) in [6, 6.07) is 9.44. The van der Waals surface area contributed by atoms with E-state index in [1.54, 1.807) is 28.9 Å². The molecule has 3 rings (SSSR count). The van der Waals surface area contributed by atoms with Crippen LogP contribution in [-0.2, 0) is 16.6 Å². The van der Waals surface area contributed by atoms with Gasteiger partial charge in [-0.05, 0) is 37.0 Å². The zero-order chi connectivity index (χ0) is 28.5. The number of hydrogen-bond donors (Lipinski definition) is 1. The second kappa shape index (κ2) is 13.7. The van der Waals surface area contributed by atoms with E-state index in [4.69, 9.17) is 16.6 Å². The molecule has 0 spiro atoms. The number of aryl methyl sites for hydroxylation is 1. The van der Waals surface area contributed by atoms with E-state index in [1.807, 2.05) is 50.5 Å². The lowest BCUT2D eigenvalue weighted by Crippen LogP contribution is -2.45. The van der Waals surface area contributed by atoms with Crippen LogP contribution in [0.1, 0.15) is 44.2 Å². The van der Waals surface area contributed by atoms with E-state index in [0.29, 0.717) is 53.9 Å². The molecule has 0 saturated carbocycles. The molecule has 2 heterocycles. The lowest BCUT2D eigenvalue weighted by atomic mass is 10.00. The summed E-state index contributed by atoms with van der Waals surface area (Å²) >= 11 is 6.84. The highest BCUT2D eigenvalue weighted by Crippen LogP contribution is 2.37. The molecule has 0 aliphatic heterocycles. The monoisotopic (exact) mass is 549 g/mol. The number of rotatable bonds is 13. The SMILES string of the molecule is C=CCCN(C(=NC)c1cc(Cl)c(-c2cnn(C)c2)nc1N(C=O)c1ccccc1C(C)C)C(C)CNC=O. The Balaban J connectivity index is 2.31. The van der Waals surface area contributed by atoms with Crippen molar-refractivity contribution in [1.82, 2.24) is 25.0 Å². The number of para-hydroxylation sites is 1. The number of amides is 2. The Morgan fingerprint density at radius 2 is 2.00 bits per heavy atom. The Hall–Kier alpha value is -3.98. The minimum atomic E-state index is -0.119. The number of pyridine rings is 1. The fourth-order valence-electron chi connectivity index (χ4n) is 4.49. The van der Waals surface area contributed by atoms with Gasteiger partial charge in [-0.3, -0.25) is 24.2 Å². The highest BCUT2D eigenvalue weighted by molar-refractivity contribution is 6.33. The van der Waals surface area contributed by atoms with Gasteiger partial charge in [0.05, 0.1) is 28.2 Å². The van der Waals surface area contributed by atoms with Crippen molar-refractivity contribution < 1.29 is 9.59 Å². The smallest absolute Gasteiger partial charge is 0.219 e. The Labute approximate surface area is 235 Å². The summed E-state index contributed by atoms with van der Waals surface area (Å²) in [7, 11) is 3.51. The number of hydrogen-bond acceptors (Lipinski definition) is 5. The minimum Gasteiger partial charge on any atom is -0.357 e. The topological polar surface area (TPSA) is 95.7 Å². The summed E-state index contributed by atoms with van der Waals surface area (Å²) in [6.45, 7) is 11.0. The molecule has 39 heavy (non-hydrogen) atoms. The predicted octanol–water partition coefficient (Wildman–Crippen LogP) is 4.94. The first kappa shape index (κ1) is 29.6. The fraction of sp³-hybridized carbons (Fsp3) is 0.345. The Morgan fingerprint density at radius 1 is 1.26 bits per heavy atom. The number of amidine groups is 1. The van der Waals surface area contributed by atoms with Crippen molar-refractivity contribution in [3.05, 3.63) is 71.5 Å². The van der Waals surface area contributed by atoms with Crippen molar-refractivity contribution in [1.29, 1.82) is 0 Å². The first-order chi connectivity index (χ1) is 18.8. The van der Waals surface area contributed by atoms with Gasteiger partial charge in [-0.1, -0.05) is 49.7 Å². The van der Waals surface area contributed by atoms with Gasteiger partial charge in [0.1, 0.15) is 5.84 Å². The summed E-state index contributed by atoms with van der Waals surface area (Å²) in [4.78, 5) is 37.1. The molecule has 1 unspecified atom stereocenters. The zero-order valence-corrected chi connectivity index (χ0v) is 23.9. The Morgan fingerprint density at radius 3 is 2.59 bits per heavy atom. The van der Waals surface area contributed by atoms with Crippen molar-refractivity contribution in [2.24, 2.45) is 12.0 Å². The molecule has 0 saturated heterocycles. The van der Waals surface area contributed by atoms with E-state index in [0.717, 1.165) is 23.2 Å². The summed E-state index contributed by atoms with van der Waals surface area (Å²) in [6.07, 6.45) is 7.46. The van der Waals surface area contributed by atoms with Crippen LogP contribution in [0.2, 0.25) is 5.02 Å². The second-order valence-electron chi connectivity index (χ2n) is 9.47. The van der Waals surface area contributed by atoms with Crippen molar-refractivity contribution in [3.8, 4) is 11.3 Å². The van der Waals surface area contributed by atoms with Gasteiger partial charge in [-0.15, -0.1) is 6.58 Å². The van der Waals surface area contributed by atoms with Crippen LogP contribution in [0.25, 0.3) is 11.3 Å². The maximum Gasteiger partial charge on any atom is 0.219 e. The molecule has 0 fully saturated rings. The third-order valence-electron chi connectivity index (χ3n) is 6.41. The molecular formula is C29H36ClN7O2. The highest BCUT2D eigenvalue weighted by atomic mass is 35.5. The van der Waals surface area contributed by atoms with Crippen LogP contribution < -0.4 is 10.2 Å². The molecule has 2 amide bonds. The third-order valence-corrected chi connectivity index (χ3v) is 6.70. The van der Waals surface area contributed by atoms with Crippen molar-refractivity contribution in [2.75, 3.05) is 25.0 Å². The Kier molecular flexibility index (Phi) is 10.4. The number of carbonyl (C=O) groups is 2. The van der Waals surface area contributed by atoms with Gasteiger partial charge < -0.3 is 10.2 Å². The van der Waals surface area contributed by atoms with Gasteiger partial charge in [0.15, 0.2) is 5.82 Å². The van der Waals surface area contributed by atoms with Gasteiger partial charge in [0, 0.05) is 45.0 Å². The van der Waals surface area contributed by atoms with Crippen LogP contribution in [0, 0.1) is 0 Å². The minimum absolute atomic E-state index is 0.119. The molecule has 9 nitrogen and oxygen atoms in total. The molecule has 0 radical (unpaired) electrons. The van der Waals surface area contributed by atoms with Crippen LogP contribution in [0.15, 0.2) is 60.4 Å². The van der Waals surface area contributed by atoms with Crippen LogP contribution >= 0.6 is 11.6 Å². The van der Waals surface area contributed by atoms with E-state index >= 15 is 0 Å². The van der Waals surface area contributed by atoms with E-state index in [2.05, 4.69) is 40.7 Å². The molecule has 0 aliphatic carbocycles. The molecule has 0 bridgehead atoms. The number of benzene rings is 1. The number of carbonyl (C=O) groups excluding carboxylic acids is 2. The first-order valence-corrected chi connectivity index (χ1v) is 13.2. The number of anilines is 2. The third kappa shape index (κ3) is 6.72. The number of nitrogens with zero attached hydrogens (tertiary/aromatic N) is 6. The van der Waals surface area contributed by atoms with Crippen LogP contribution in [0.5, 0.6) is 0 Å². The molecule has 1 N–H and O–H groups in total. The quantitative estimate of drug-likeness (QED) is 0.141. The zero-order valence-electron chi connectivity index (χ0n) is 23.1. The van der Waals surface area contributed by atoms with Crippen molar-refractivity contribution in [3.63, 3.8) is 0 Å². The maximum atomic E-state index is 12.8. The van der Waals surface area contributed by atoms with Gasteiger partial charge in [-0.25, -0.2) is 4.98 Å². The number of nitrogens with one attached hydrogen (secondary N) is 1. The summed E-state index contributed by atoms with van der Waals surface area (Å²) in [5.74, 6) is 1.14. The van der Waals surface area contributed by atoms with Crippen LogP contribution in [0.4, 0.5) is 11.5 Å². The van der Waals surface area contributed by atoms with Crippen LogP contribution in [0.3, 0.4) is 0 Å². The predicted molar refractivity (Wildman–Crippen MR) is 158 cm³/mol. The molecule has 0 aliphatic rings. The first-order valence-electron chi connectivity index (χ1n) is 12.8. The standard InChI is InChI=1S/C29H36ClN7O2/c1-7-8-13-36(21(4)15-32-18-38)28(31-5)24-14-25(30)27(22-16-33-35(6)17-22)34-29(24)37(19-39)26-12-10-9-11-23(26)20(2)3/h7,9-12,14,16-21H,1,8,13,15H2,2-6H3,(H,32,38). The van der Waals surface area contributed by atoms with Gasteiger partial charge in [-0.2, -0.15) is 5.10 Å². The van der Waals surface area contributed by atoms with Gasteiger partial charge in [0.25, 0.3) is 0 Å². The summed E-state index contributed by atoms with van der Waals surface area (Å²) in [5.41, 5.74) is 3.53. The molecule has 3 aromatic rings. The van der Waals surface area contributed by atoms with Crippen LogP contribution in [-0.4, -0.2) is 64.5 Å². The van der Waals surface area contributed by atoms with E-state index in [-0.39, 0.29) is 12.0 Å². The molecule has 10 heteroatoms. The Bertz CT molecular complexity index is 1330. The lowest BCUT2D eigenvalue weighted by molar-refractivity contribution is -0.109.